The Hall–Kier alpha value is -1.71. The molecule has 0 amide bonds. The minimum Gasteiger partial charge on any atom is -0.507 e. The summed E-state index contributed by atoms with van der Waals surface area (Å²) in [6.45, 7) is 0. The standard InChI is InChI=1S/C12H5ClF3NOS/c13-11-7(1-2-19-11)8-3-6(5-17)4-9(10(8)18)12(14,15)16/h1-4,18H. The van der Waals surface area contributed by atoms with Crippen molar-refractivity contribution in [1.29, 1.82) is 5.26 Å². The number of hydrogen-bond donors (Lipinski definition) is 1. The molecule has 19 heavy (non-hydrogen) atoms. The molecule has 1 N–H and O–H groups in total. The zero-order valence-corrected chi connectivity index (χ0v) is 10.7. The van der Waals surface area contributed by atoms with E-state index in [0.717, 1.165) is 11.3 Å². The smallest absolute Gasteiger partial charge is 0.420 e. The van der Waals surface area contributed by atoms with E-state index in [9.17, 15) is 18.3 Å². The molecule has 0 aliphatic rings. The number of alkyl halides is 3. The van der Waals surface area contributed by atoms with Gasteiger partial charge in [-0.1, -0.05) is 11.6 Å². The number of hydrogen-bond acceptors (Lipinski definition) is 3. The van der Waals surface area contributed by atoms with Gasteiger partial charge in [-0.25, -0.2) is 0 Å². The quantitative estimate of drug-likeness (QED) is 0.832. The topological polar surface area (TPSA) is 44.0 Å². The Kier molecular flexibility index (Phi) is 3.43. The van der Waals surface area contributed by atoms with E-state index in [0.29, 0.717) is 6.07 Å². The van der Waals surface area contributed by atoms with Crippen molar-refractivity contribution < 1.29 is 18.3 Å². The lowest BCUT2D eigenvalue weighted by atomic mass is 10.00. The van der Waals surface area contributed by atoms with Gasteiger partial charge < -0.3 is 5.11 Å². The van der Waals surface area contributed by atoms with Crippen LogP contribution in [0.2, 0.25) is 4.34 Å². The molecule has 7 heteroatoms. The molecular weight excluding hydrogens is 299 g/mol. The zero-order valence-electron chi connectivity index (χ0n) is 9.12. The van der Waals surface area contributed by atoms with Gasteiger partial charge in [0.25, 0.3) is 0 Å². The van der Waals surface area contributed by atoms with Gasteiger partial charge in [0, 0.05) is 11.1 Å². The summed E-state index contributed by atoms with van der Waals surface area (Å²) in [7, 11) is 0. The minimum atomic E-state index is -4.74. The monoisotopic (exact) mass is 303 g/mol. The Morgan fingerprint density at radius 3 is 2.42 bits per heavy atom. The van der Waals surface area contributed by atoms with Crippen LogP contribution in [0.15, 0.2) is 23.6 Å². The number of phenolic OH excluding ortho intramolecular Hbond substituents is 1. The van der Waals surface area contributed by atoms with Gasteiger partial charge in [0.15, 0.2) is 0 Å². The first-order valence-electron chi connectivity index (χ1n) is 4.92. The van der Waals surface area contributed by atoms with E-state index in [1.165, 1.54) is 12.1 Å². The van der Waals surface area contributed by atoms with Crippen LogP contribution in [0.5, 0.6) is 5.75 Å². The average Bonchev–Trinajstić information content (AvgIpc) is 2.74. The molecule has 0 atom stereocenters. The summed E-state index contributed by atoms with van der Waals surface area (Å²) in [5, 5.41) is 20.1. The van der Waals surface area contributed by atoms with E-state index in [-0.39, 0.29) is 21.0 Å². The van der Waals surface area contributed by atoms with Crippen molar-refractivity contribution in [3.63, 3.8) is 0 Å². The number of thiophene rings is 1. The molecule has 0 bridgehead atoms. The van der Waals surface area contributed by atoms with Crippen molar-refractivity contribution in [2.45, 2.75) is 6.18 Å². The van der Waals surface area contributed by atoms with Gasteiger partial charge in [0.05, 0.1) is 17.2 Å². The number of phenols is 1. The van der Waals surface area contributed by atoms with Crippen LogP contribution in [-0.2, 0) is 6.18 Å². The summed E-state index contributed by atoms with van der Waals surface area (Å²) in [4.78, 5) is 0. The molecule has 1 aromatic carbocycles. The lowest BCUT2D eigenvalue weighted by Crippen LogP contribution is -2.06. The van der Waals surface area contributed by atoms with Crippen LogP contribution >= 0.6 is 22.9 Å². The summed E-state index contributed by atoms with van der Waals surface area (Å²) >= 11 is 6.98. The number of halogens is 4. The van der Waals surface area contributed by atoms with Gasteiger partial charge in [-0.15, -0.1) is 11.3 Å². The first-order chi connectivity index (χ1) is 8.84. The lowest BCUT2D eigenvalue weighted by Gasteiger charge is -2.13. The molecule has 1 aromatic heterocycles. The maximum atomic E-state index is 12.8. The van der Waals surface area contributed by atoms with E-state index in [1.807, 2.05) is 0 Å². The summed E-state index contributed by atoms with van der Waals surface area (Å²) in [5.41, 5.74) is -1.27. The average molecular weight is 304 g/mol. The number of nitrogens with zero attached hydrogens (tertiary/aromatic N) is 1. The van der Waals surface area contributed by atoms with Crippen LogP contribution in [0.3, 0.4) is 0 Å². The van der Waals surface area contributed by atoms with Gasteiger partial charge in [-0.2, -0.15) is 18.4 Å². The predicted octanol–water partition coefficient (Wildman–Crippen LogP) is 4.66. The number of rotatable bonds is 1. The van der Waals surface area contributed by atoms with E-state index in [1.54, 1.807) is 11.4 Å². The fraction of sp³-hybridized carbons (Fsp3) is 0.0833. The summed E-state index contributed by atoms with van der Waals surface area (Å²) in [6.07, 6.45) is -4.74. The Labute approximate surface area is 115 Å². The SMILES string of the molecule is N#Cc1cc(-c2ccsc2Cl)c(O)c(C(F)(F)F)c1. The predicted molar refractivity (Wildman–Crippen MR) is 66.1 cm³/mol. The minimum absolute atomic E-state index is 0.0994. The largest absolute Gasteiger partial charge is 0.507 e. The third-order valence-electron chi connectivity index (χ3n) is 2.45. The van der Waals surface area contributed by atoms with Gasteiger partial charge in [0.1, 0.15) is 10.1 Å². The maximum Gasteiger partial charge on any atom is 0.420 e. The van der Waals surface area contributed by atoms with Crippen LogP contribution in [0, 0.1) is 11.3 Å². The molecule has 2 aromatic rings. The van der Waals surface area contributed by atoms with Crippen molar-refractivity contribution in [3.05, 3.63) is 39.0 Å². The van der Waals surface area contributed by atoms with Crippen molar-refractivity contribution in [1.82, 2.24) is 0 Å². The fourth-order valence-electron chi connectivity index (χ4n) is 1.61. The third-order valence-corrected chi connectivity index (χ3v) is 3.62. The first kappa shape index (κ1) is 13.7. The van der Waals surface area contributed by atoms with Crippen molar-refractivity contribution >= 4 is 22.9 Å². The van der Waals surface area contributed by atoms with Gasteiger partial charge in [0.2, 0.25) is 0 Å². The normalized spacial score (nSPS) is 11.3. The van der Waals surface area contributed by atoms with E-state index < -0.39 is 17.5 Å². The van der Waals surface area contributed by atoms with Crippen LogP contribution in [0.25, 0.3) is 11.1 Å². The number of nitriles is 1. The molecule has 0 aliphatic heterocycles. The van der Waals surface area contributed by atoms with Gasteiger partial charge >= 0.3 is 6.18 Å². The zero-order chi connectivity index (χ0) is 14.2. The second kappa shape index (κ2) is 4.76. The molecule has 0 unspecified atom stereocenters. The van der Waals surface area contributed by atoms with Crippen LogP contribution in [0.4, 0.5) is 13.2 Å². The maximum absolute atomic E-state index is 12.8. The van der Waals surface area contributed by atoms with Crippen LogP contribution in [-0.4, -0.2) is 5.11 Å². The van der Waals surface area contributed by atoms with Crippen LogP contribution in [0.1, 0.15) is 11.1 Å². The molecule has 2 nitrogen and oxygen atoms in total. The van der Waals surface area contributed by atoms with E-state index in [2.05, 4.69) is 0 Å². The lowest BCUT2D eigenvalue weighted by molar-refractivity contribution is -0.138. The fourth-order valence-corrected chi connectivity index (χ4v) is 2.55. The highest BCUT2D eigenvalue weighted by Gasteiger charge is 2.35. The van der Waals surface area contributed by atoms with Gasteiger partial charge in [-0.3, -0.25) is 0 Å². The molecular formula is C12H5ClF3NOS. The van der Waals surface area contributed by atoms with Crippen molar-refractivity contribution in [2.75, 3.05) is 0 Å². The molecule has 1 heterocycles. The third kappa shape index (κ3) is 2.53. The Balaban J connectivity index is 2.76. The van der Waals surface area contributed by atoms with E-state index >= 15 is 0 Å². The van der Waals surface area contributed by atoms with Crippen molar-refractivity contribution in [2.24, 2.45) is 0 Å². The highest BCUT2D eigenvalue weighted by molar-refractivity contribution is 7.15. The highest BCUT2D eigenvalue weighted by Crippen LogP contribution is 2.44. The molecule has 0 spiro atoms. The highest BCUT2D eigenvalue weighted by atomic mass is 35.5. The Morgan fingerprint density at radius 2 is 1.95 bits per heavy atom. The summed E-state index contributed by atoms with van der Waals surface area (Å²) < 4.78 is 38.6. The van der Waals surface area contributed by atoms with Crippen LogP contribution < -0.4 is 0 Å². The molecule has 0 radical (unpaired) electrons. The second-order valence-corrected chi connectivity index (χ2v) is 5.16. The van der Waals surface area contributed by atoms with Crippen molar-refractivity contribution in [3.8, 4) is 22.9 Å². The first-order valence-corrected chi connectivity index (χ1v) is 6.18. The molecule has 0 fully saturated rings. The van der Waals surface area contributed by atoms with Gasteiger partial charge in [-0.05, 0) is 23.6 Å². The molecule has 0 saturated heterocycles. The molecule has 0 aliphatic carbocycles. The molecule has 2 rings (SSSR count). The Bertz CT molecular complexity index is 673. The summed E-state index contributed by atoms with van der Waals surface area (Å²) in [6, 6.07) is 4.92. The number of benzene rings is 1. The molecule has 98 valence electrons. The van der Waals surface area contributed by atoms with E-state index in [4.69, 9.17) is 16.9 Å². The second-order valence-electron chi connectivity index (χ2n) is 3.64. The summed E-state index contributed by atoms with van der Waals surface area (Å²) in [5.74, 6) is -0.924. The number of aromatic hydroxyl groups is 1. The molecule has 0 saturated carbocycles. The Morgan fingerprint density at radius 1 is 1.26 bits per heavy atom.